The van der Waals surface area contributed by atoms with Gasteiger partial charge in [0, 0.05) is 0 Å². The first-order valence-electron chi connectivity index (χ1n) is 4.84. The number of benzene rings is 1. The van der Waals surface area contributed by atoms with Crippen molar-refractivity contribution in [3.63, 3.8) is 0 Å². The van der Waals surface area contributed by atoms with Crippen LogP contribution in [0.5, 0.6) is 11.5 Å². The lowest BCUT2D eigenvalue weighted by Crippen LogP contribution is -1.98. The van der Waals surface area contributed by atoms with Crippen molar-refractivity contribution in [3.05, 3.63) is 23.3 Å². The molecule has 1 aromatic carbocycles. The summed E-state index contributed by atoms with van der Waals surface area (Å²) in [5, 5.41) is 27.6. The quantitative estimate of drug-likeness (QED) is 0.665. The molecule has 3 N–H and O–H groups in total. The molecule has 0 aliphatic heterocycles. The highest BCUT2D eigenvalue weighted by Crippen LogP contribution is 2.28. The summed E-state index contributed by atoms with van der Waals surface area (Å²) < 4.78 is 0. The van der Waals surface area contributed by atoms with Crippen molar-refractivity contribution in [2.75, 3.05) is 0 Å². The van der Waals surface area contributed by atoms with Gasteiger partial charge in [0.05, 0.1) is 0 Å². The number of carboxylic acids is 1. The summed E-state index contributed by atoms with van der Waals surface area (Å²) in [5.74, 6) is -1.62. The monoisotopic (exact) mass is 210 g/mol. The highest BCUT2D eigenvalue weighted by Gasteiger charge is 2.13. The molecule has 0 unspecified atom stereocenters. The molecule has 0 bridgehead atoms. The molecule has 1 rings (SSSR count). The van der Waals surface area contributed by atoms with Crippen LogP contribution < -0.4 is 0 Å². The molecule has 0 saturated heterocycles. The van der Waals surface area contributed by atoms with Crippen molar-refractivity contribution < 1.29 is 20.1 Å². The SMILES string of the molecule is CCCCc1cc(O)c(C(=O)O)cc1O. The van der Waals surface area contributed by atoms with E-state index in [-0.39, 0.29) is 17.1 Å². The fourth-order valence-corrected chi connectivity index (χ4v) is 1.36. The van der Waals surface area contributed by atoms with Gasteiger partial charge in [-0.2, -0.15) is 0 Å². The maximum absolute atomic E-state index is 10.6. The largest absolute Gasteiger partial charge is 0.508 e. The van der Waals surface area contributed by atoms with Crippen molar-refractivity contribution >= 4 is 5.97 Å². The molecule has 0 aliphatic rings. The van der Waals surface area contributed by atoms with Gasteiger partial charge in [0.1, 0.15) is 17.1 Å². The smallest absolute Gasteiger partial charge is 0.339 e. The Kier molecular flexibility index (Phi) is 3.55. The van der Waals surface area contributed by atoms with Crippen molar-refractivity contribution in [3.8, 4) is 11.5 Å². The fourth-order valence-electron chi connectivity index (χ4n) is 1.36. The van der Waals surface area contributed by atoms with Crippen LogP contribution in [0.25, 0.3) is 0 Å². The van der Waals surface area contributed by atoms with Crippen LogP contribution >= 0.6 is 0 Å². The Labute approximate surface area is 87.8 Å². The second-order valence-electron chi connectivity index (χ2n) is 3.41. The predicted octanol–water partition coefficient (Wildman–Crippen LogP) is 2.14. The molecular formula is C11H14O4. The van der Waals surface area contributed by atoms with Gasteiger partial charge >= 0.3 is 5.97 Å². The first kappa shape index (κ1) is 11.4. The van der Waals surface area contributed by atoms with Gasteiger partial charge in [-0.1, -0.05) is 13.3 Å². The van der Waals surface area contributed by atoms with Crippen LogP contribution in [0.3, 0.4) is 0 Å². The van der Waals surface area contributed by atoms with Crippen LogP contribution in [-0.4, -0.2) is 21.3 Å². The van der Waals surface area contributed by atoms with Crippen LogP contribution in [-0.2, 0) is 6.42 Å². The lowest BCUT2D eigenvalue weighted by atomic mass is 10.0. The van der Waals surface area contributed by atoms with Gasteiger partial charge in [-0.05, 0) is 30.5 Å². The third-order valence-corrected chi connectivity index (χ3v) is 2.23. The normalized spacial score (nSPS) is 10.2. The van der Waals surface area contributed by atoms with E-state index in [4.69, 9.17) is 5.11 Å². The van der Waals surface area contributed by atoms with Crippen molar-refractivity contribution in [1.29, 1.82) is 0 Å². The van der Waals surface area contributed by atoms with E-state index in [0.29, 0.717) is 12.0 Å². The Morgan fingerprint density at radius 3 is 2.47 bits per heavy atom. The van der Waals surface area contributed by atoms with Gasteiger partial charge in [0.25, 0.3) is 0 Å². The minimum absolute atomic E-state index is 0.0707. The highest BCUT2D eigenvalue weighted by molar-refractivity contribution is 5.91. The molecule has 0 spiro atoms. The van der Waals surface area contributed by atoms with Gasteiger partial charge in [-0.25, -0.2) is 4.79 Å². The maximum Gasteiger partial charge on any atom is 0.339 e. The van der Waals surface area contributed by atoms with Crippen molar-refractivity contribution in [2.24, 2.45) is 0 Å². The number of hydrogen-bond donors (Lipinski definition) is 3. The second-order valence-corrected chi connectivity index (χ2v) is 3.41. The van der Waals surface area contributed by atoms with E-state index in [0.717, 1.165) is 18.9 Å². The summed E-state index contributed by atoms with van der Waals surface area (Å²) in [6.07, 6.45) is 2.50. The van der Waals surface area contributed by atoms with Crippen LogP contribution in [0.1, 0.15) is 35.7 Å². The molecule has 0 atom stereocenters. The van der Waals surface area contributed by atoms with Gasteiger partial charge in [-0.3, -0.25) is 0 Å². The topological polar surface area (TPSA) is 77.8 Å². The summed E-state index contributed by atoms with van der Waals surface area (Å²) in [6, 6.07) is 2.40. The molecule has 0 radical (unpaired) electrons. The number of unbranched alkanes of at least 4 members (excludes halogenated alkanes) is 1. The van der Waals surface area contributed by atoms with E-state index in [1.807, 2.05) is 6.92 Å². The number of hydrogen-bond acceptors (Lipinski definition) is 3. The van der Waals surface area contributed by atoms with Gasteiger partial charge in [0.15, 0.2) is 0 Å². The molecule has 0 heterocycles. The Balaban J connectivity index is 3.02. The zero-order chi connectivity index (χ0) is 11.4. The summed E-state index contributed by atoms with van der Waals surface area (Å²) in [7, 11) is 0. The third-order valence-electron chi connectivity index (χ3n) is 2.23. The second kappa shape index (κ2) is 4.68. The molecule has 82 valence electrons. The number of aryl methyl sites for hydroxylation is 1. The van der Waals surface area contributed by atoms with E-state index < -0.39 is 5.97 Å². The van der Waals surface area contributed by atoms with E-state index >= 15 is 0 Å². The average molecular weight is 210 g/mol. The lowest BCUT2D eigenvalue weighted by Gasteiger charge is -2.06. The summed E-state index contributed by atoms with van der Waals surface area (Å²) in [4.78, 5) is 10.6. The molecule has 0 amide bonds. The van der Waals surface area contributed by atoms with E-state index in [9.17, 15) is 15.0 Å². The van der Waals surface area contributed by atoms with E-state index in [1.165, 1.54) is 6.07 Å². The highest BCUT2D eigenvalue weighted by atomic mass is 16.4. The molecular weight excluding hydrogens is 196 g/mol. The number of carbonyl (C=O) groups is 1. The van der Waals surface area contributed by atoms with Crippen molar-refractivity contribution in [1.82, 2.24) is 0 Å². The molecule has 0 aromatic heterocycles. The van der Waals surface area contributed by atoms with Crippen LogP contribution in [0.4, 0.5) is 0 Å². The molecule has 4 nitrogen and oxygen atoms in total. The minimum Gasteiger partial charge on any atom is -0.508 e. The van der Waals surface area contributed by atoms with Gasteiger partial charge in [0.2, 0.25) is 0 Å². The van der Waals surface area contributed by atoms with Crippen LogP contribution in [0.15, 0.2) is 12.1 Å². The summed E-state index contributed by atoms with van der Waals surface area (Å²) in [5.41, 5.74) is 0.312. The first-order chi connectivity index (χ1) is 7.06. The van der Waals surface area contributed by atoms with E-state index in [1.54, 1.807) is 0 Å². The van der Waals surface area contributed by atoms with Crippen molar-refractivity contribution in [2.45, 2.75) is 26.2 Å². The Hall–Kier alpha value is -1.71. The van der Waals surface area contributed by atoms with Crippen LogP contribution in [0, 0.1) is 0 Å². The number of phenols is 2. The van der Waals surface area contributed by atoms with Crippen LogP contribution in [0.2, 0.25) is 0 Å². The Morgan fingerprint density at radius 1 is 1.27 bits per heavy atom. The summed E-state index contributed by atoms with van der Waals surface area (Å²) >= 11 is 0. The number of phenolic OH excluding ortho intramolecular Hbond substituents is 1. The Morgan fingerprint density at radius 2 is 1.93 bits per heavy atom. The number of rotatable bonds is 4. The standard InChI is InChI=1S/C11H14O4/c1-2-3-4-7-5-10(13)8(11(14)15)6-9(7)12/h5-6,12-13H,2-4H2,1H3,(H,14,15). The third kappa shape index (κ3) is 2.62. The maximum atomic E-state index is 10.6. The molecule has 15 heavy (non-hydrogen) atoms. The Bertz CT molecular complexity index is 371. The fraction of sp³-hybridized carbons (Fsp3) is 0.364. The zero-order valence-electron chi connectivity index (χ0n) is 8.53. The average Bonchev–Trinajstić information content (AvgIpc) is 2.18. The number of aromatic carboxylic acids is 1. The molecule has 1 aromatic rings. The minimum atomic E-state index is -1.25. The lowest BCUT2D eigenvalue weighted by molar-refractivity contribution is 0.0693. The number of carboxylic acid groups (broad SMARTS) is 1. The molecule has 4 heteroatoms. The molecule has 0 fully saturated rings. The van der Waals surface area contributed by atoms with Gasteiger partial charge in [-0.15, -0.1) is 0 Å². The summed E-state index contributed by atoms with van der Waals surface area (Å²) in [6.45, 7) is 2.02. The molecule has 0 aliphatic carbocycles. The van der Waals surface area contributed by atoms with Gasteiger partial charge < -0.3 is 15.3 Å². The first-order valence-corrected chi connectivity index (χ1v) is 4.84. The predicted molar refractivity (Wildman–Crippen MR) is 55.3 cm³/mol. The van der Waals surface area contributed by atoms with E-state index in [2.05, 4.69) is 0 Å². The number of aromatic hydroxyl groups is 2. The molecule has 0 saturated carbocycles. The zero-order valence-corrected chi connectivity index (χ0v) is 8.53.